The first-order valence-electron chi connectivity index (χ1n) is 5.59. The van der Waals surface area contributed by atoms with Crippen molar-refractivity contribution in [1.82, 2.24) is 4.90 Å². The van der Waals surface area contributed by atoms with Crippen LogP contribution in [0.3, 0.4) is 0 Å². The van der Waals surface area contributed by atoms with Gasteiger partial charge in [0.1, 0.15) is 11.8 Å². The fourth-order valence-corrected chi connectivity index (χ4v) is 3.33. The molecule has 2 saturated heterocycles. The first-order chi connectivity index (χ1) is 8.72. The number of ether oxygens (including phenoxy) is 1. The standard InChI is InChI=1S/C12H12N2O3S/c1-17-9-4-2-3-8(5-9)14-11(15)10-6-18-7-13(10)12(14)16/h2-5,10H,6-7H2,1H3. The minimum atomic E-state index is -0.297. The molecule has 2 heterocycles. The monoisotopic (exact) mass is 264 g/mol. The maximum atomic E-state index is 12.2. The quantitative estimate of drug-likeness (QED) is 0.760. The van der Waals surface area contributed by atoms with Crippen LogP contribution in [0.1, 0.15) is 0 Å². The van der Waals surface area contributed by atoms with Crippen molar-refractivity contribution in [1.29, 1.82) is 0 Å². The lowest BCUT2D eigenvalue weighted by Crippen LogP contribution is -2.32. The summed E-state index contributed by atoms with van der Waals surface area (Å²) in [4.78, 5) is 27.2. The molecule has 18 heavy (non-hydrogen) atoms. The van der Waals surface area contributed by atoms with E-state index in [0.29, 0.717) is 23.1 Å². The van der Waals surface area contributed by atoms with Crippen molar-refractivity contribution < 1.29 is 14.3 Å². The average molecular weight is 264 g/mol. The van der Waals surface area contributed by atoms with Gasteiger partial charge in [-0.2, -0.15) is 0 Å². The Bertz CT molecular complexity index is 498. The van der Waals surface area contributed by atoms with E-state index in [4.69, 9.17) is 4.74 Å². The van der Waals surface area contributed by atoms with Gasteiger partial charge in [-0.05, 0) is 12.1 Å². The van der Waals surface area contributed by atoms with Gasteiger partial charge in [-0.25, -0.2) is 9.69 Å². The molecule has 0 spiro atoms. The number of nitrogens with zero attached hydrogens (tertiary/aromatic N) is 2. The Balaban J connectivity index is 1.97. The minimum absolute atomic E-state index is 0.141. The zero-order valence-corrected chi connectivity index (χ0v) is 10.6. The first kappa shape index (κ1) is 11.4. The number of amides is 3. The summed E-state index contributed by atoms with van der Waals surface area (Å²) in [6.45, 7) is 0. The van der Waals surface area contributed by atoms with E-state index in [1.165, 1.54) is 4.90 Å². The largest absolute Gasteiger partial charge is 0.497 e. The van der Waals surface area contributed by atoms with Crippen LogP contribution in [0.4, 0.5) is 10.5 Å². The van der Waals surface area contributed by atoms with E-state index in [0.717, 1.165) is 0 Å². The van der Waals surface area contributed by atoms with Crippen LogP contribution in [0.5, 0.6) is 5.75 Å². The number of urea groups is 1. The highest BCUT2D eigenvalue weighted by molar-refractivity contribution is 7.99. The molecule has 3 amide bonds. The smallest absolute Gasteiger partial charge is 0.332 e. The zero-order chi connectivity index (χ0) is 12.7. The number of anilines is 1. The lowest BCUT2D eigenvalue weighted by atomic mass is 10.2. The van der Waals surface area contributed by atoms with Crippen LogP contribution in [-0.2, 0) is 4.79 Å². The SMILES string of the molecule is COc1cccc(N2C(=O)C3CSCN3C2=O)c1. The number of rotatable bonds is 2. The molecule has 1 atom stereocenters. The van der Waals surface area contributed by atoms with Gasteiger partial charge in [0.2, 0.25) is 0 Å². The number of benzene rings is 1. The molecule has 2 fully saturated rings. The third-order valence-electron chi connectivity index (χ3n) is 3.14. The average Bonchev–Trinajstić information content (AvgIpc) is 2.95. The molecule has 0 radical (unpaired) electrons. The second-order valence-corrected chi connectivity index (χ2v) is 5.14. The number of fused-ring (bicyclic) bond motifs is 1. The van der Waals surface area contributed by atoms with Crippen LogP contribution >= 0.6 is 11.8 Å². The fourth-order valence-electron chi connectivity index (χ4n) is 2.19. The molecule has 0 bridgehead atoms. The van der Waals surface area contributed by atoms with Crippen LogP contribution in [-0.4, -0.2) is 41.6 Å². The molecule has 3 rings (SSSR count). The van der Waals surface area contributed by atoms with Gasteiger partial charge in [0.25, 0.3) is 5.91 Å². The molecule has 1 aromatic carbocycles. The molecule has 1 aromatic rings. The molecule has 0 N–H and O–H groups in total. The molecule has 2 aliphatic rings. The van der Waals surface area contributed by atoms with Crippen molar-refractivity contribution in [3.63, 3.8) is 0 Å². The number of carbonyl (C=O) groups is 2. The van der Waals surface area contributed by atoms with Gasteiger partial charge in [-0.15, -0.1) is 11.8 Å². The van der Waals surface area contributed by atoms with Crippen molar-refractivity contribution in [3.8, 4) is 5.75 Å². The molecular weight excluding hydrogens is 252 g/mol. The fraction of sp³-hybridized carbons (Fsp3) is 0.333. The van der Waals surface area contributed by atoms with E-state index in [2.05, 4.69) is 0 Å². The van der Waals surface area contributed by atoms with E-state index in [9.17, 15) is 9.59 Å². The predicted molar refractivity (Wildman–Crippen MR) is 68.8 cm³/mol. The third-order valence-corrected chi connectivity index (χ3v) is 4.15. The molecular formula is C12H12N2O3S. The Morgan fingerprint density at radius 3 is 2.94 bits per heavy atom. The van der Waals surface area contributed by atoms with Crippen molar-refractivity contribution in [2.24, 2.45) is 0 Å². The molecule has 2 aliphatic heterocycles. The highest BCUT2D eigenvalue weighted by Gasteiger charge is 2.48. The number of methoxy groups -OCH3 is 1. The van der Waals surface area contributed by atoms with E-state index >= 15 is 0 Å². The van der Waals surface area contributed by atoms with Crippen LogP contribution in [0.25, 0.3) is 0 Å². The van der Waals surface area contributed by atoms with Crippen molar-refractivity contribution in [3.05, 3.63) is 24.3 Å². The molecule has 0 aromatic heterocycles. The second-order valence-electron chi connectivity index (χ2n) is 4.14. The van der Waals surface area contributed by atoms with E-state index in [1.807, 2.05) is 0 Å². The summed E-state index contributed by atoms with van der Waals surface area (Å²) in [5.74, 6) is 1.77. The van der Waals surface area contributed by atoms with E-state index in [1.54, 1.807) is 48.0 Å². The number of carbonyl (C=O) groups excluding carboxylic acids is 2. The summed E-state index contributed by atoms with van der Waals surface area (Å²) >= 11 is 1.61. The minimum Gasteiger partial charge on any atom is -0.497 e. The normalized spacial score (nSPS) is 22.6. The highest BCUT2D eigenvalue weighted by atomic mass is 32.2. The number of imide groups is 1. The molecule has 0 saturated carbocycles. The molecule has 6 heteroatoms. The maximum Gasteiger partial charge on any atom is 0.332 e. The highest BCUT2D eigenvalue weighted by Crippen LogP contribution is 2.33. The van der Waals surface area contributed by atoms with Gasteiger partial charge in [-0.1, -0.05) is 6.07 Å². The molecule has 5 nitrogen and oxygen atoms in total. The summed E-state index contributed by atoms with van der Waals surface area (Å²) in [6.07, 6.45) is 0. The summed E-state index contributed by atoms with van der Waals surface area (Å²) in [5.41, 5.74) is 0.573. The summed E-state index contributed by atoms with van der Waals surface area (Å²) < 4.78 is 5.11. The van der Waals surface area contributed by atoms with Gasteiger partial charge >= 0.3 is 6.03 Å². The Labute approximate surface area is 109 Å². The summed E-state index contributed by atoms with van der Waals surface area (Å²) in [7, 11) is 1.56. The van der Waals surface area contributed by atoms with Gasteiger partial charge in [-0.3, -0.25) is 4.79 Å². The van der Waals surface area contributed by atoms with Gasteiger partial charge < -0.3 is 9.64 Å². The molecule has 94 valence electrons. The van der Waals surface area contributed by atoms with Gasteiger partial charge in [0.15, 0.2) is 0 Å². The number of hydrogen-bond acceptors (Lipinski definition) is 4. The predicted octanol–water partition coefficient (Wildman–Crippen LogP) is 1.54. The lowest BCUT2D eigenvalue weighted by Gasteiger charge is -2.15. The molecule has 1 unspecified atom stereocenters. The number of thioether (sulfide) groups is 1. The van der Waals surface area contributed by atoms with Crippen molar-refractivity contribution >= 4 is 29.4 Å². The topological polar surface area (TPSA) is 49.9 Å². The van der Waals surface area contributed by atoms with Crippen LogP contribution in [0, 0.1) is 0 Å². The van der Waals surface area contributed by atoms with Crippen molar-refractivity contribution in [2.45, 2.75) is 6.04 Å². The zero-order valence-electron chi connectivity index (χ0n) is 9.83. The Hall–Kier alpha value is -1.69. The van der Waals surface area contributed by atoms with E-state index < -0.39 is 0 Å². The Morgan fingerprint density at radius 1 is 1.39 bits per heavy atom. The third kappa shape index (κ3) is 1.56. The molecule has 0 aliphatic carbocycles. The summed E-state index contributed by atoms with van der Waals surface area (Å²) in [6, 6.07) is 6.47. The van der Waals surface area contributed by atoms with Crippen LogP contribution in [0.15, 0.2) is 24.3 Å². The Morgan fingerprint density at radius 2 is 2.22 bits per heavy atom. The second kappa shape index (κ2) is 4.20. The van der Waals surface area contributed by atoms with Gasteiger partial charge in [0, 0.05) is 11.8 Å². The van der Waals surface area contributed by atoms with Gasteiger partial charge in [0.05, 0.1) is 18.7 Å². The Kier molecular flexibility index (Phi) is 2.66. The number of hydrogen-bond donors (Lipinski definition) is 0. The lowest BCUT2D eigenvalue weighted by molar-refractivity contribution is -0.118. The van der Waals surface area contributed by atoms with Crippen molar-refractivity contribution in [2.75, 3.05) is 23.6 Å². The first-order valence-corrected chi connectivity index (χ1v) is 6.74. The maximum absolute atomic E-state index is 12.2. The van der Waals surface area contributed by atoms with Crippen LogP contribution in [0.2, 0.25) is 0 Å². The summed E-state index contributed by atoms with van der Waals surface area (Å²) in [5, 5.41) is 0. The van der Waals surface area contributed by atoms with Crippen LogP contribution < -0.4 is 9.64 Å². The van der Waals surface area contributed by atoms with E-state index in [-0.39, 0.29) is 18.0 Å².